The van der Waals surface area contributed by atoms with Crippen LogP contribution in [0.2, 0.25) is 5.02 Å². The Kier molecular flexibility index (Phi) is 5.84. The molecule has 1 aliphatic heterocycles. The molecule has 0 saturated heterocycles. The summed E-state index contributed by atoms with van der Waals surface area (Å²) in [6.07, 6.45) is -3.95. The van der Waals surface area contributed by atoms with Crippen molar-refractivity contribution in [2.45, 2.75) is 46.3 Å². The Morgan fingerprint density at radius 3 is 2.59 bits per heavy atom. The smallest absolute Gasteiger partial charge is 0.366 e. The number of hydrogen-bond acceptors (Lipinski definition) is 4. The van der Waals surface area contributed by atoms with E-state index in [1.807, 2.05) is 20.8 Å². The van der Waals surface area contributed by atoms with Crippen LogP contribution in [0.25, 0.3) is 0 Å². The molecule has 158 valence electrons. The summed E-state index contributed by atoms with van der Waals surface area (Å²) >= 11 is 6.80. The number of halogens is 5. The number of nitrogens with one attached hydrogen (secondary N) is 1. The van der Waals surface area contributed by atoms with Gasteiger partial charge in [-0.1, -0.05) is 32.4 Å². The minimum absolute atomic E-state index is 0.0355. The topological polar surface area (TPSA) is 45.2 Å². The van der Waals surface area contributed by atoms with Gasteiger partial charge in [0.2, 0.25) is 5.91 Å². The van der Waals surface area contributed by atoms with Crippen molar-refractivity contribution in [3.8, 4) is 0 Å². The Hall–Kier alpha value is -1.87. The van der Waals surface area contributed by atoms with Gasteiger partial charge in [0.15, 0.2) is 5.01 Å². The highest BCUT2D eigenvalue weighted by atomic mass is 35.5. The maximum atomic E-state index is 14.6. The number of aromatic nitrogens is 1. The first-order chi connectivity index (χ1) is 13.3. The molecule has 2 heterocycles. The van der Waals surface area contributed by atoms with E-state index in [0.29, 0.717) is 40.6 Å². The molecule has 0 atom stereocenters. The molecular formula is C19H20ClF4N3OS. The fraction of sp³-hybridized carbons (Fsp3) is 0.474. The lowest BCUT2D eigenvalue weighted by atomic mass is 9.92. The average molecular weight is 450 g/mol. The predicted octanol–water partition coefficient (Wildman–Crippen LogP) is 5.89. The highest BCUT2D eigenvalue weighted by Crippen LogP contribution is 2.38. The van der Waals surface area contributed by atoms with E-state index < -0.39 is 17.0 Å². The molecule has 0 fully saturated rings. The van der Waals surface area contributed by atoms with Gasteiger partial charge in [0.25, 0.3) is 0 Å². The SMILES string of the molecule is CC(C)(C)CC(=O)Nc1c(F)cc(N2CCc3nc(C(F)(F)F)sc3C2)cc1Cl. The molecule has 10 heteroatoms. The summed E-state index contributed by atoms with van der Waals surface area (Å²) in [7, 11) is 0. The molecule has 1 aromatic carbocycles. The van der Waals surface area contributed by atoms with E-state index in [9.17, 15) is 22.4 Å². The van der Waals surface area contributed by atoms with E-state index in [0.717, 1.165) is 0 Å². The number of alkyl halides is 3. The van der Waals surface area contributed by atoms with Crippen molar-refractivity contribution in [2.75, 3.05) is 16.8 Å². The van der Waals surface area contributed by atoms with E-state index >= 15 is 0 Å². The molecular weight excluding hydrogens is 430 g/mol. The van der Waals surface area contributed by atoms with Gasteiger partial charge in [-0.05, 0) is 17.5 Å². The first-order valence-corrected chi connectivity index (χ1v) is 10.1. The van der Waals surface area contributed by atoms with Crippen LogP contribution in [0.15, 0.2) is 12.1 Å². The number of nitrogens with zero attached hydrogens (tertiary/aromatic N) is 2. The van der Waals surface area contributed by atoms with Gasteiger partial charge < -0.3 is 10.2 Å². The van der Waals surface area contributed by atoms with Crippen LogP contribution in [0, 0.1) is 11.2 Å². The van der Waals surface area contributed by atoms with Crippen LogP contribution < -0.4 is 10.2 Å². The zero-order valence-electron chi connectivity index (χ0n) is 16.1. The van der Waals surface area contributed by atoms with Gasteiger partial charge in [0.1, 0.15) is 5.82 Å². The Labute approximate surface area is 174 Å². The van der Waals surface area contributed by atoms with E-state index in [1.165, 1.54) is 12.1 Å². The summed E-state index contributed by atoms with van der Waals surface area (Å²) in [6.45, 7) is 6.25. The molecule has 0 unspecified atom stereocenters. The highest BCUT2D eigenvalue weighted by molar-refractivity contribution is 7.11. The van der Waals surface area contributed by atoms with Crippen LogP contribution >= 0.6 is 22.9 Å². The molecule has 0 bridgehead atoms. The summed E-state index contributed by atoms with van der Waals surface area (Å²) in [4.78, 5) is 18.0. The number of fused-ring (bicyclic) bond motifs is 1. The van der Waals surface area contributed by atoms with Crippen LogP contribution in [-0.2, 0) is 23.9 Å². The van der Waals surface area contributed by atoms with Gasteiger partial charge >= 0.3 is 6.18 Å². The first kappa shape index (κ1) is 21.8. The normalized spacial score (nSPS) is 14.7. The van der Waals surface area contributed by atoms with Gasteiger partial charge in [0, 0.05) is 30.0 Å². The molecule has 3 rings (SSSR count). The van der Waals surface area contributed by atoms with Crippen molar-refractivity contribution in [3.63, 3.8) is 0 Å². The molecule has 0 aliphatic carbocycles. The molecule has 2 aromatic rings. The van der Waals surface area contributed by atoms with Crippen molar-refractivity contribution in [3.05, 3.63) is 38.6 Å². The zero-order chi connectivity index (χ0) is 21.6. The molecule has 0 saturated carbocycles. The number of hydrogen-bond donors (Lipinski definition) is 1. The lowest BCUT2D eigenvalue weighted by Gasteiger charge is -2.28. The second kappa shape index (κ2) is 7.75. The molecule has 29 heavy (non-hydrogen) atoms. The number of benzene rings is 1. The highest BCUT2D eigenvalue weighted by Gasteiger charge is 2.37. The Bertz CT molecular complexity index is 914. The second-order valence-corrected chi connectivity index (χ2v) is 9.62. The minimum atomic E-state index is -4.48. The summed E-state index contributed by atoms with van der Waals surface area (Å²) < 4.78 is 53.3. The number of anilines is 2. The van der Waals surface area contributed by atoms with Crippen molar-refractivity contribution < 1.29 is 22.4 Å². The summed E-state index contributed by atoms with van der Waals surface area (Å²) in [5.41, 5.74) is 0.507. The maximum absolute atomic E-state index is 14.6. The van der Waals surface area contributed by atoms with Gasteiger partial charge in [-0.15, -0.1) is 11.3 Å². The van der Waals surface area contributed by atoms with Crippen molar-refractivity contribution in [1.82, 2.24) is 4.98 Å². The monoisotopic (exact) mass is 449 g/mol. The maximum Gasteiger partial charge on any atom is 0.443 e. The summed E-state index contributed by atoms with van der Waals surface area (Å²) in [6, 6.07) is 2.74. The third-order valence-corrected chi connectivity index (χ3v) is 5.75. The zero-order valence-corrected chi connectivity index (χ0v) is 17.7. The minimum Gasteiger partial charge on any atom is -0.366 e. The standard InChI is InChI=1S/C19H20ClF4N3OS/c1-18(2,3)8-15(28)26-16-11(20)6-10(7-12(16)21)27-5-4-13-14(9-27)29-17(25-13)19(22,23)24/h6-7H,4-5,8-9H2,1-3H3,(H,26,28). The number of rotatable bonds is 3. The van der Waals surface area contributed by atoms with Crippen molar-refractivity contribution >= 4 is 40.2 Å². The number of carbonyl (C=O) groups excluding carboxylic acids is 1. The van der Waals surface area contributed by atoms with E-state index in [4.69, 9.17) is 11.6 Å². The Morgan fingerprint density at radius 1 is 1.31 bits per heavy atom. The Morgan fingerprint density at radius 2 is 2.00 bits per heavy atom. The van der Waals surface area contributed by atoms with Crippen LogP contribution in [0.5, 0.6) is 0 Å². The molecule has 1 amide bonds. The van der Waals surface area contributed by atoms with Crippen LogP contribution in [-0.4, -0.2) is 17.4 Å². The second-order valence-electron chi connectivity index (χ2n) is 8.13. The molecule has 4 nitrogen and oxygen atoms in total. The van der Waals surface area contributed by atoms with Gasteiger partial charge in [0.05, 0.1) is 22.9 Å². The molecule has 0 spiro atoms. The first-order valence-electron chi connectivity index (χ1n) is 8.93. The van der Waals surface area contributed by atoms with E-state index in [-0.39, 0.29) is 35.0 Å². The van der Waals surface area contributed by atoms with E-state index in [2.05, 4.69) is 10.3 Å². The lowest BCUT2D eigenvalue weighted by molar-refractivity contribution is -0.137. The lowest BCUT2D eigenvalue weighted by Crippen LogP contribution is -2.29. The fourth-order valence-corrected chi connectivity index (χ4v) is 4.30. The molecule has 0 radical (unpaired) electrons. The summed E-state index contributed by atoms with van der Waals surface area (Å²) in [5.74, 6) is -1.04. The molecule has 1 N–H and O–H groups in total. The van der Waals surface area contributed by atoms with Crippen LogP contribution in [0.4, 0.5) is 28.9 Å². The quantitative estimate of drug-likeness (QED) is 0.594. The van der Waals surface area contributed by atoms with Crippen molar-refractivity contribution in [2.24, 2.45) is 5.41 Å². The summed E-state index contributed by atoms with van der Waals surface area (Å²) in [5, 5.41) is 1.67. The number of carbonyl (C=O) groups is 1. The fourth-order valence-electron chi connectivity index (χ4n) is 3.06. The Balaban J connectivity index is 1.79. The van der Waals surface area contributed by atoms with Gasteiger partial charge in [-0.25, -0.2) is 9.37 Å². The molecule has 1 aromatic heterocycles. The van der Waals surface area contributed by atoms with Gasteiger partial charge in [-0.3, -0.25) is 4.79 Å². The third kappa shape index (κ3) is 5.19. The third-order valence-electron chi connectivity index (χ3n) is 4.32. The van der Waals surface area contributed by atoms with E-state index in [1.54, 1.807) is 4.90 Å². The largest absolute Gasteiger partial charge is 0.443 e. The van der Waals surface area contributed by atoms with Crippen molar-refractivity contribution in [1.29, 1.82) is 0 Å². The number of thiazole rings is 1. The number of amides is 1. The van der Waals surface area contributed by atoms with Crippen LogP contribution in [0.3, 0.4) is 0 Å². The molecule has 1 aliphatic rings. The predicted molar refractivity (Wildman–Crippen MR) is 106 cm³/mol. The average Bonchev–Trinajstić information content (AvgIpc) is 3.00. The van der Waals surface area contributed by atoms with Gasteiger partial charge in [-0.2, -0.15) is 13.2 Å². The van der Waals surface area contributed by atoms with Crippen LogP contribution in [0.1, 0.15) is 42.8 Å².